The van der Waals surface area contributed by atoms with Crippen LogP contribution in [0, 0.1) is 5.92 Å². The molecule has 2 aromatic carbocycles. The van der Waals surface area contributed by atoms with Crippen molar-refractivity contribution in [3.05, 3.63) is 59.7 Å². The van der Waals surface area contributed by atoms with Gasteiger partial charge < -0.3 is 5.11 Å². The van der Waals surface area contributed by atoms with Crippen LogP contribution in [0.4, 0.5) is 0 Å². The van der Waals surface area contributed by atoms with Crippen molar-refractivity contribution in [2.45, 2.75) is 11.3 Å². The van der Waals surface area contributed by atoms with Crippen LogP contribution in [0.2, 0.25) is 0 Å². The second kappa shape index (κ2) is 5.10. The zero-order chi connectivity index (χ0) is 13.2. The van der Waals surface area contributed by atoms with Crippen LogP contribution in [0.15, 0.2) is 53.4 Å². The van der Waals surface area contributed by atoms with Crippen molar-refractivity contribution in [2.24, 2.45) is 5.92 Å². The van der Waals surface area contributed by atoms with Crippen molar-refractivity contribution in [2.75, 3.05) is 5.75 Å². The Balaban J connectivity index is 1.85. The third kappa shape index (κ3) is 2.51. The topological polar surface area (TPSA) is 37.3 Å². The van der Waals surface area contributed by atoms with Crippen molar-refractivity contribution in [1.29, 1.82) is 0 Å². The first-order valence-corrected chi connectivity index (χ1v) is 7.26. The third-order valence-electron chi connectivity index (χ3n) is 3.36. The number of benzene rings is 2. The lowest BCUT2D eigenvalue weighted by Gasteiger charge is -2.23. The number of hydrogen-bond acceptors (Lipinski definition) is 3. The van der Waals surface area contributed by atoms with E-state index in [1.165, 1.54) is 5.56 Å². The molecule has 1 aliphatic heterocycles. The van der Waals surface area contributed by atoms with E-state index in [2.05, 4.69) is 12.1 Å². The highest BCUT2D eigenvalue weighted by Gasteiger charge is 2.28. The molecule has 1 aliphatic rings. The van der Waals surface area contributed by atoms with Gasteiger partial charge in [0.2, 0.25) is 0 Å². The lowest BCUT2D eigenvalue weighted by molar-refractivity contribution is 0.0926. The summed E-state index contributed by atoms with van der Waals surface area (Å²) in [6, 6.07) is 15.1. The highest BCUT2D eigenvalue weighted by atomic mass is 32.2. The summed E-state index contributed by atoms with van der Waals surface area (Å²) in [5.41, 5.74) is 1.85. The Bertz CT molecular complexity index is 607. The lowest BCUT2D eigenvalue weighted by atomic mass is 9.92. The van der Waals surface area contributed by atoms with E-state index < -0.39 is 0 Å². The summed E-state index contributed by atoms with van der Waals surface area (Å²) in [4.78, 5) is 13.4. The molecule has 3 rings (SSSR count). The second-order valence-corrected chi connectivity index (χ2v) is 5.80. The number of rotatable bonds is 2. The Morgan fingerprint density at radius 2 is 1.95 bits per heavy atom. The minimum Gasteiger partial charge on any atom is -0.508 e. The maximum absolute atomic E-state index is 12.4. The van der Waals surface area contributed by atoms with Crippen molar-refractivity contribution >= 4 is 17.5 Å². The number of fused-ring (bicyclic) bond motifs is 1. The minimum atomic E-state index is 0.00157. The molecule has 19 heavy (non-hydrogen) atoms. The summed E-state index contributed by atoms with van der Waals surface area (Å²) < 4.78 is 0. The Morgan fingerprint density at radius 1 is 1.16 bits per heavy atom. The van der Waals surface area contributed by atoms with E-state index >= 15 is 0 Å². The van der Waals surface area contributed by atoms with E-state index in [1.807, 2.05) is 24.3 Å². The van der Waals surface area contributed by atoms with Gasteiger partial charge in [-0.1, -0.05) is 30.3 Å². The summed E-state index contributed by atoms with van der Waals surface area (Å²) >= 11 is 1.70. The first-order valence-electron chi connectivity index (χ1n) is 6.28. The van der Waals surface area contributed by atoms with Gasteiger partial charge in [-0.2, -0.15) is 0 Å². The quantitative estimate of drug-likeness (QED) is 0.907. The van der Waals surface area contributed by atoms with Gasteiger partial charge >= 0.3 is 0 Å². The molecule has 0 bridgehead atoms. The standard InChI is InChI=1S/C16H14O2S/c17-13-6-7-15-14(9-13)16(18)12(10-19-15)8-11-4-2-1-3-5-11/h1-7,9,12,17H,8,10H2. The highest BCUT2D eigenvalue weighted by Crippen LogP contribution is 2.35. The van der Waals surface area contributed by atoms with Gasteiger partial charge in [0.1, 0.15) is 5.75 Å². The minimum absolute atomic E-state index is 0.00157. The molecular weight excluding hydrogens is 256 g/mol. The molecule has 0 spiro atoms. The smallest absolute Gasteiger partial charge is 0.168 e. The molecule has 0 saturated heterocycles. The fourth-order valence-corrected chi connectivity index (χ4v) is 3.50. The van der Waals surface area contributed by atoms with Crippen LogP contribution < -0.4 is 0 Å². The van der Waals surface area contributed by atoms with Crippen molar-refractivity contribution in [3.8, 4) is 5.75 Å². The Kier molecular flexibility index (Phi) is 3.30. The molecule has 1 unspecified atom stereocenters. The van der Waals surface area contributed by atoms with Gasteiger partial charge in [0.15, 0.2) is 5.78 Å². The van der Waals surface area contributed by atoms with Crippen LogP contribution in [0.1, 0.15) is 15.9 Å². The predicted octanol–water partition coefficient (Wildman–Crippen LogP) is 3.54. The molecule has 0 fully saturated rings. The summed E-state index contributed by atoms with van der Waals surface area (Å²) in [6.45, 7) is 0. The molecule has 0 aromatic heterocycles. The number of hydrogen-bond donors (Lipinski definition) is 1. The summed E-state index contributed by atoms with van der Waals surface area (Å²) in [6.07, 6.45) is 0.766. The maximum atomic E-state index is 12.4. The number of thioether (sulfide) groups is 1. The van der Waals surface area contributed by atoms with Crippen molar-refractivity contribution in [1.82, 2.24) is 0 Å². The van der Waals surface area contributed by atoms with Crippen molar-refractivity contribution < 1.29 is 9.90 Å². The second-order valence-electron chi connectivity index (χ2n) is 4.74. The number of carbonyl (C=O) groups excluding carboxylic acids is 1. The van der Waals surface area contributed by atoms with Crippen LogP contribution >= 0.6 is 11.8 Å². The predicted molar refractivity (Wildman–Crippen MR) is 76.8 cm³/mol. The SMILES string of the molecule is O=C1c2cc(O)ccc2SCC1Cc1ccccc1. The fourth-order valence-electron chi connectivity index (χ4n) is 2.37. The van der Waals surface area contributed by atoms with Crippen LogP contribution in [0.5, 0.6) is 5.75 Å². The Labute approximate surface area is 116 Å². The highest BCUT2D eigenvalue weighted by molar-refractivity contribution is 7.99. The van der Waals surface area contributed by atoms with Gasteiger partial charge in [-0.3, -0.25) is 4.79 Å². The van der Waals surface area contributed by atoms with Gasteiger partial charge in [0, 0.05) is 22.1 Å². The van der Waals surface area contributed by atoms with E-state index in [-0.39, 0.29) is 17.5 Å². The Morgan fingerprint density at radius 3 is 2.74 bits per heavy atom. The van der Waals surface area contributed by atoms with E-state index in [9.17, 15) is 9.90 Å². The molecule has 0 radical (unpaired) electrons. The molecule has 3 heteroatoms. The molecule has 1 heterocycles. The molecule has 2 nitrogen and oxygen atoms in total. The Hall–Kier alpha value is -1.74. The summed E-state index contributed by atoms with van der Waals surface area (Å²) in [5.74, 6) is 1.12. The van der Waals surface area contributed by atoms with Gasteiger partial charge in [-0.05, 0) is 30.2 Å². The molecular formula is C16H14O2S. The number of phenolic OH excluding ortho intramolecular Hbond substituents is 1. The molecule has 1 atom stereocenters. The summed E-state index contributed by atoms with van der Waals surface area (Å²) in [7, 11) is 0. The van der Waals surface area contributed by atoms with Crippen LogP contribution in [-0.4, -0.2) is 16.6 Å². The van der Waals surface area contributed by atoms with Gasteiger partial charge in [-0.15, -0.1) is 11.8 Å². The zero-order valence-corrected chi connectivity index (χ0v) is 11.2. The molecule has 2 aromatic rings. The number of phenols is 1. The molecule has 1 N–H and O–H groups in total. The summed E-state index contributed by atoms with van der Waals surface area (Å²) in [5, 5.41) is 9.52. The molecule has 0 amide bonds. The fraction of sp³-hybridized carbons (Fsp3) is 0.188. The first kappa shape index (κ1) is 12.3. The first-order chi connectivity index (χ1) is 9.24. The van der Waals surface area contributed by atoms with E-state index in [0.29, 0.717) is 5.56 Å². The largest absolute Gasteiger partial charge is 0.508 e. The van der Waals surface area contributed by atoms with Crippen LogP contribution in [0.25, 0.3) is 0 Å². The maximum Gasteiger partial charge on any atom is 0.168 e. The van der Waals surface area contributed by atoms with Gasteiger partial charge in [-0.25, -0.2) is 0 Å². The van der Waals surface area contributed by atoms with Gasteiger partial charge in [0.25, 0.3) is 0 Å². The van der Waals surface area contributed by atoms with E-state index in [1.54, 1.807) is 23.9 Å². The monoisotopic (exact) mass is 270 g/mol. The lowest BCUT2D eigenvalue weighted by Crippen LogP contribution is -2.24. The number of Topliss-reactive ketones (excluding diaryl/α,β-unsaturated/α-hetero) is 1. The zero-order valence-electron chi connectivity index (χ0n) is 10.4. The van der Waals surface area contributed by atoms with E-state index in [4.69, 9.17) is 0 Å². The van der Waals surface area contributed by atoms with Crippen LogP contribution in [-0.2, 0) is 6.42 Å². The number of ketones is 1. The molecule has 96 valence electrons. The van der Waals surface area contributed by atoms with Crippen LogP contribution in [0.3, 0.4) is 0 Å². The number of aromatic hydroxyl groups is 1. The van der Waals surface area contributed by atoms with Crippen molar-refractivity contribution in [3.63, 3.8) is 0 Å². The number of carbonyl (C=O) groups is 1. The average Bonchev–Trinajstić information content (AvgIpc) is 2.44. The van der Waals surface area contributed by atoms with E-state index in [0.717, 1.165) is 17.1 Å². The third-order valence-corrected chi connectivity index (χ3v) is 4.60. The molecule has 0 aliphatic carbocycles. The average molecular weight is 270 g/mol. The normalized spacial score (nSPS) is 18.1. The molecule has 0 saturated carbocycles. The van der Waals surface area contributed by atoms with Gasteiger partial charge in [0.05, 0.1) is 0 Å².